The van der Waals surface area contributed by atoms with Gasteiger partial charge in [0.1, 0.15) is 5.02 Å². The molecular weight excluding hydrogens is 354 g/mol. The SMILES string of the molecule is CC(C)(C)c1ccc(C(=CCc2ccccc2)c2ccc(Cl)c(=O)[nH]2)cc1. The second kappa shape index (κ2) is 7.98. The summed E-state index contributed by atoms with van der Waals surface area (Å²) in [6.07, 6.45) is 2.93. The van der Waals surface area contributed by atoms with Crippen LogP contribution in [0.25, 0.3) is 5.57 Å². The molecule has 0 aliphatic carbocycles. The molecule has 3 aromatic rings. The van der Waals surface area contributed by atoms with Crippen LogP contribution in [0.4, 0.5) is 0 Å². The minimum Gasteiger partial charge on any atom is -0.321 e. The van der Waals surface area contributed by atoms with Gasteiger partial charge >= 0.3 is 0 Å². The van der Waals surface area contributed by atoms with Crippen LogP contribution in [0.2, 0.25) is 5.02 Å². The average molecular weight is 378 g/mol. The van der Waals surface area contributed by atoms with E-state index in [0.717, 1.165) is 23.3 Å². The first kappa shape index (κ1) is 19.2. The van der Waals surface area contributed by atoms with Crippen LogP contribution in [-0.2, 0) is 11.8 Å². The van der Waals surface area contributed by atoms with Crippen LogP contribution in [0.15, 0.2) is 77.6 Å². The smallest absolute Gasteiger partial charge is 0.267 e. The number of nitrogens with one attached hydrogen (secondary N) is 1. The Morgan fingerprint density at radius 2 is 1.63 bits per heavy atom. The van der Waals surface area contributed by atoms with E-state index in [-0.39, 0.29) is 16.0 Å². The number of rotatable bonds is 4. The van der Waals surface area contributed by atoms with Gasteiger partial charge in [0.05, 0.1) is 0 Å². The third kappa shape index (κ3) is 4.78. The molecule has 0 atom stereocenters. The van der Waals surface area contributed by atoms with Crippen LogP contribution in [0.5, 0.6) is 0 Å². The molecule has 1 aromatic heterocycles. The van der Waals surface area contributed by atoms with Crippen molar-refractivity contribution in [3.05, 3.63) is 111 Å². The Labute approximate surface area is 165 Å². The maximum Gasteiger partial charge on any atom is 0.267 e. The molecule has 138 valence electrons. The van der Waals surface area contributed by atoms with Gasteiger partial charge in [-0.05, 0) is 40.7 Å². The van der Waals surface area contributed by atoms with Crippen molar-refractivity contribution >= 4 is 17.2 Å². The number of hydrogen-bond donors (Lipinski definition) is 1. The molecule has 0 aliphatic rings. The second-order valence-corrected chi connectivity index (χ2v) is 8.09. The van der Waals surface area contributed by atoms with E-state index in [9.17, 15) is 4.79 Å². The highest BCUT2D eigenvalue weighted by atomic mass is 35.5. The first-order valence-corrected chi connectivity index (χ1v) is 9.46. The minimum atomic E-state index is -0.272. The fourth-order valence-electron chi connectivity index (χ4n) is 2.98. The van der Waals surface area contributed by atoms with Crippen molar-refractivity contribution in [2.75, 3.05) is 0 Å². The van der Waals surface area contributed by atoms with Gasteiger partial charge in [-0.25, -0.2) is 0 Å². The molecule has 0 spiro atoms. The molecular formula is C24H24ClNO. The molecule has 3 heteroatoms. The van der Waals surface area contributed by atoms with Gasteiger partial charge < -0.3 is 4.98 Å². The van der Waals surface area contributed by atoms with E-state index in [0.29, 0.717) is 0 Å². The molecule has 0 saturated carbocycles. The van der Waals surface area contributed by atoms with Gasteiger partial charge in [0.2, 0.25) is 0 Å². The van der Waals surface area contributed by atoms with Gasteiger partial charge in [0.15, 0.2) is 0 Å². The number of hydrogen-bond acceptors (Lipinski definition) is 1. The average Bonchev–Trinajstić information content (AvgIpc) is 2.65. The summed E-state index contributed by atoms with van der Waals surface area (Å²) in [7, 11) is 0. The monoisotopic (exact) mass is 377 g/mol. The number of aromatic amines is 1. The Hall–Kier alpha value is -2.58. The molecule has 0 amide bonds. The van der Waals surface area contributed by atoms with Crippen LogP contribution >= 0.6 is 11.6 Å². The lowest BCUT2D eigenvalue weighted by Gasteiger charge is -2.19. The predicted molar refractivity (Wildman–Crippen MR) is 114 cm³/mol. The lowest BCUT2D eigenvalue weighted by atomic mass is 9.86. The van der Waals surface area contributed by atoms with E-state index in [1.54, 1.807) is 6.07 Å². The van der Waals surface area contributed by atoms with Crippen molar-refractivity contribution in [3.63, 3.8) is 0 Å². The lowest BCUT2D eigenvalue weighted by molar-refractivity contribution is 0.590. The predicted octanol–water partition coefficient (Wildman–Crippen LogP) is 6.00. The summed E-state index contributed by atoms with van der Waals surface area (Å²) < 4.78 is 0. The number of benzene rings is 2. The summed E-state index contributed by atoms with van der Waals surface area (Å²) in [5, 5.41) is 0.198. The highest BCUT2D eigenvalue weighted by molar-refractivity contribution is 6.30. The van der Waals surface area contributed by atoms with Crippen LogP contribution in [0.1, 0.15) is 43.2 Å². The van der Waals surface area contributed by atoms with E-state index < -0.39 is 0 Å². The van der Waals surface area contributed by atoms with E-state index in [1.807, 2.05) is 24.3 Å². The first-order valence-electron chi connectivity index (χ1n) is 9.09. The van der Waals surface area contributed by atoms with Gasteiger partial charge in [-0.2, -0.15) is 0 Å². The van der Waals surface area contributed by atoms with Crippen molar-refractivity contribution in [3.8, 4) is 0 Å². The van der Waals surface area contributed by atoms with E-state index in [2.05, 4.69) is 68.2 Å². The molecule has 0 unspecified atom stereocenters. The summed E-state index contributed by atoms with van der Waals surface area (Å²) in [6.45, 7) is 6.60. The Morgan fingerprint density at radius 1 is 0.963 bits per heavy atom. The quantitative estimate of drug-likeness (QED) is 0.594. The zero-order valence-electron chi connectivity index (χ0n) is 15.9. The number of pyridine rings is 1. The Balaban J connectivity index is 2.03. The standard InChI is InChI=1S/C24H24ClNO/c1-24(2,3)19-12-10-18(11-13-19)20(14-9-17-7-5-4-6-8-17)22-16-15-21(25)23(27)26-22/h4-8,10-16H,9H2,1-3H3,(H,26,27). The van der Waals surface area contributed by atoms with Crippen LogP contribution in [0, 0.1) is 0 Å². The first-order chi connectivity index (χ1) is 12.8. The maximum atomic E-state index is 12.0. The van der Waals surface area contributed by atoms with Crippen LogP contribution in [-0.4, -0.2) is 4.98 Å². The van der Waals surface area contributed by atoms with Gasteiger partial charge in [0.25, 0.3) is 5.56 Å². The zero-order chi connectivity index (χ0) is 19.4. The normalized spacial score (nSPS) is 12.2. The summed E-state index contributed by atoms with van der Waals surface area (Å²) in [4.78, 5) is 14.9. The maximum absolute atomic E-state index is 12.0. The van der Waals surface area contributed by atoms with Crippen molar-refractivity contribution in [1.29, 1.82) is 0 Å². The Bertz CT molecular complexity index is 993. The van der Waals surface area contributed by atoms with Crippen molar-refractivity contribution in [2.45, 2.75) is 32.6 Å². The van der Waals surface area contributed by atoms with Crippen molar-refractivity contribution in [1.82, 2.24) is 4.98 Å². The van der Waals surface area contributed by atoms with Crippen LogP contribution in [0.3, 0.4) is 0 Å². The fraction of sp³-hybridized carbons (Fsp3) is 0.208. The molecule has 3 rings (SSSR count). The van der Waals surface area contributed by atoms with E-state index in [4.69, 9.17) is 11.6 Å². The zero-order valence-corrected chi connectivity index (χ0v) is 16.7. The third-order valence-electron chi connectivity index (χ3n) is 4.60. The number of aromatic nitrogens is 1. The van der Waals surface area contributed by atoms with Gasteiger partial charge in [-0.15, -0.1) is 0 Å². The molecule has 0 saturated heterocycles. The van der Waals surface area contributed by atoms with Gasteiger partial charge in [-0.3, -0.25) is 4.79 Å². The third-order valence-corrected chi connectivity index (χ3v) is 4.90. The summed E-state index contributed by atoms with van der Waals surface area (Å²) in [6, 6.07) is 22.3. The van der Waals surface area contributed by atoms with Crippen LogP contribution < -0.4 is 5.56 Å². The summed E-state index contributed by atoms with van der Waals surface area (Å²) in [5.74, 6) is 0. The number of halogens is 1. The fourth-order valence-corrected chi connectivity index (χ4v) is 3.09. The summed E-state index contributed by atoms with van der Waals surface area (Å²) >= 11 is 5.91. The van der Waals surface area contributed by atoms with Crippen molar-refractivity contribution in [2.24, 2.45) is 0 Å². The molecule has 0 aliphatic heterocycles. The minimum absolute atomic E-state index is 0.0982. The summed E-state index contributed by atoms with van der Waals surface area (Å²) in [5.41, 5.74) is 5.15. The largest absolute Gasteiger partial charge is 0.321 e. The highest BCUT2D eigenvalue weighted by Gasteiger charge is 2.14. The molecule has 0 radical (unpaired) electrons. The Morgan fingerprint density at radius 3 is 2.22 bits per heavy atom. The Kier molecular flexibility index (Phi) is 5.67. The molecule has 1 heterocycles. The topological polar surface area (TPSA) is 32.9 Å². The molecule has 0 fully saturated rings. The second-order valence-electron chi connectivity index (χ2n) is 7.68. The molecule has 1 N–H and O–H groups in total. The lowest BCUT2D eigenvalue weighted by Crippen LogP contribution is -2.11. The van der Waals surface area contributed by atoms with Gasteiger partial charge in [0, 0.05) is 11.3 Å². The molecule has 2 aromatic carbocycles. The van der Waals surface area contributed by atoms with Gasteiger partial charge in [-0.1, -0.05) is 93.0 Å². The molecule has 0 bridgehead atoms. The van der Waals surface area contributed by atoms with Crippen molar-refractivity contribution < 1.29 is 0 Å². The van der Waals surface area contributed by atoms with E-state index in [1.165, 1.54) is 11.1 Å². The number of allylic oxidation sites excluding steroid dienone is 1. The highest BCUT2D eigenvalue weighted by Crippen LogP contribution is 2.27. The molecule has 27 heavy (non-hydrogen) atoms. The van der Waals surface area contributed by atoms with E-state index >= 15 is 0 Å². The number of H-pyrrole nitrogens is 1. The molecule has 2 nitrogen and oxygen atoms in total.